The van der Waals surface area contributed by atoms with Crippen LogP contribution in [0.5, 0.6) is 0 Å². The van der Waals surface area contributed by atoms with Crippen molar-refractivity contribution in [1.82, 2.24) is 9.55 Å². The van der Waals surface area contributed by atoms with Crippen molar-refractivity contribution in [1.29, 1.82) is 0 Å². The summed E-state index contributed by atoms with van der Waals surface area (Å²) in [4.78, 5) is 15.2. The average Bonchev–Trinajstić information content (AvgIpc) is 2.64. The van der Waals surface area contributed by atoms with E-state index in [-0.39, 0.29) is 5.75 Å². The summed E-state index contributed by atoms with van der Waals surface area (Å²) in [6.07, 6.45) is 0. The second kappa shape index (κ2) is 4.85. The number of aliphatic carboxylic acids is 1. The standard InChI is InChI=1S/C12H12N2O2S2/c15-11(16)7-18-12-13-9-3-1-2-4-10(9)14(12)8-5-17-6-8/h1-4,8H,5-7H2,(H,15,16). The lowest BCUT2D eigenvalue weighted by Crippen LogP contribution is -2.23. The normalized spacial score (nSPS) is 15.8. The minimum atomic E-state index is -0.804. The molecule has 0 radical (unpaired) electrons. The average molecular weight is 280 g/mol. The summed E-state index contributed by atoms with van der Waals surface area (Å²) in [7, 11) is 0. The lowest BCUT2D eigenvalue weighted by atomic mass is 10.3. The highest BCUT2D eigenvalue weighted by atomic mass is 32.2. The molecule has 0 saturated carbocycles. The third-order valence-corrected chi connectivity index (χ3v) is 5.05. The van der Waals surface area contributed by atoms with Crippen LogP contribution in [0.15, 0.2) is 29.4 Å². The van der Waals surface area contributed by atoms with Crippen molar-refractivity contribution in [2.75, 3.05) is 17.3 Å². The molecule has 4 nitrogen and oxygen atoms in total. The molecule has 3 rings (SSSR count). The van der Waals surface area contributed by atoms with Gasteiger partial charge in [0.25, 0.3) is 0 Å². The smallest absolute Gasteiger partial charge is 0.313 e. The van der Waals surface area contributed by atoms with E-state index in [1.807, 2.05) is 30.0 Å². The Balaban J connectivity index is 2.02. The molecule has 1 aliphatic heterocycles. The van der Waals surface area contributed by atoms with Crippen LogP contribution in [-0.2, 0) is 4.79 Å². The van der Waals surface area contributed by atoms with Crippen LogP contribution in [0.1, 0.15) is 6.04 Å². The minimum absolute atomic E-state index is 0.0587. The molecule has 0 bridgehead atoms. The number of carbonyl (C=O) groups is 1. The maximum Gasteiger partial charge on any atom is 0.313 e. The van der Waals surface area contributed by atoms with Gasteiger partial charge in [0.2, 0.25) is 0 Å². The SMILES string of the molecule is O=C(O)CSc1nc2ccccc2n1C1CSC1. The first-order valence-electron chi connectivity index (χ1n) is 5.65. The zero-order valence-corrected chi connectivity index (χ0v) is 11.2. The van der Waals surface area contributed by atoms with Gasteiger partial charge in [0.15, 0.2) is 5.16 Å². The molecule has 1 aromatic heterocycles. The summed E-state index contributed by atoms with van der Waals surface area (Å²) >= 11 is 3.21. The van der Waals surface area contributed by atoms with Crippen LogP contribution in [0, 0.1) is 0 Å². The van der Waals surface area contributed by atoms with Gasteiger partial charge in [-0.2, -0.15) is 11.8 Å². The maximum atomic E-state index is 10.7. The lowest BCUT2D eigenvalue weighted by Gasteiger charge is -2.28. The first-order chi connectivity index (χ1) is 8.75. The number of para-hydroxylation sites is 2. The minimum Gasteiger partial charge on any atom is -0.481 e. The third kappa shape index (κ3) is 2.10. The molecule has 1 fully saturated rings. The zero-order valence-electron chi connectivity index (χ0n) is 9.57. The molecule has 0 atom stereocenters. The summed E-state index contributed by atoms with van der Waals surface area (Å²) in [6.45, 7) is 0. The highest BCUT2D eigenvalue weighted by molar-refractivity contribution is 8.00. The molecule has 2 heterocycles. The number of hydrogen-bond acceptors (Lipinski definition) is 4. The fourth-order valence-electron chi connectivity index (χ4n) is 1.98. The van der Waals surface area contributed by atoms with Crippen molar-refractivity contribution in [3.63, 3.8) is 0 Å². The number of carboxylic acids is 1. The van der Waals surface area contributed by atoms with Gasteiger partial charge in [0.05, 0.1) is 22.8 Å². The summed E-state index contributed by atoms with van der Waals surface area (Å²) in [5, 5.41) is 9.61. The van der Waals surface area contributed by atoms with Crippen LogP contribution in [0.2, 0.25) is 0 Å². The van der Waals surface area contributed by atoms with Crippen LogP contribution in [0.3, 0.4) is 0 Å². The summed E-state index contributed by atoms with van der Waals surface area (Å²) < 4.78 is 2.19. The first kappa shape index (κ1) is 11.9. The van der Waals surface area contributed by atoms with Gasteiger partial charge in [-0.3, -0.25) is 4.79 Å². The predicted octanol–water partition coefficient (Wildman–Crippen LogP) is 2.50. The fraction of sp³-hybridized carbons (Fsp3) is 0.333. The van der Waals surface area contributed by atoms with Crippen molar-refractivity contribution in [3.05, 3.63) is 24.3 Å². The van der Waals surface area contributed by atoms with Crippen LogP contribution in [-0.4, -0.2) is 37.9 Å². The molecule has 1 N–H and O–H groups in total. The van der Waals surface area contributed by atoms with E-state index in [9.17, 15) is 4.79 Å². The van der Waals surface area contributed by atoms with Gasteiger partial charge in [-0.05, 0) is 12.1 Å². The predicted molar refractivity (Wildman–Crippen MR) is 74.5 cm³/mol. The molecular weight excluding hydrogens is 268 g/mol. The number of carboxylic acid groups (broad SMARTS) is 1. The van der Waals surface area contributed by atoms with E-state index in [0.29, 0.717) is 6.04 Å². The number of benzene rings is 1. The first-order valence-corrected chi connectivity index (χ1v) is 7.79. The monoisotopic (exact) mass is 280 g/mol. The number of imidazole rings is 1. The number of hydrogen-bond donors (Lipinski definition) is 1. The molecule has 1 saturated heterocycles. The Hall–Kier alpha value is -1.14. The molecule has 18 heavy (non-hydrogen) atoms. The molecule has 2 aromatic rings. The van der Waals surface area contributed by atoms with E-state index in [2.05, 4.69) is 15.6 Å². The van der Waals surface area contributed by atoms with Crippen LogP contribution >= 0.6 is 23.5 Å². The van der Waals surface area contributed by atoms with Gasteiger partial charge >= 0.3 is 5.97 Å². The van der Waals surface area contributed by atoms with Gasteiger partial charge in [0, 0.05) is 11.5 Å². The highest BCUT2D eigenvalue weighted by Crippen LogP contribution is 2.36. The van der Waals surface area contributed by atoms with Gasteiger partial charge in [-0.25, -0.2) is 4.98 Å². The molecule has 1 aromatic carbocycles. The van der Waals surface area contributed by atoms with Gasteiger partial charge in [0.1, 0.15) is 0 Å². The summed E-state index contributed by atoms with van der Waals surface area (Å²) in [5.41, 5.74) is 2.05. The van der Waals surface area contributed by atoms with E-state index in [1.165, 1.54) is 11.8 Å². The number of fused-ring (bicyclic) bond motifs is 1. The second-order valence-electron chi connectivity index (χ2n) is 4.13. The van der Waals surface area contributed by atoms with Gasteiger partial charge < -0.3 is 9.67 Å². The molecule has 0 unspecified atom stereocenters. The Morgan fingerprint density at radius 3 is 2.94 bits per heavy atom. The van der Waals surface area contributed by atoms with E-state index < -0.39 is 5.97 Å². The van der Waals surface area contributed by atoms with E-state index in [1.54, 1.807) is 0 Å². The Labute approximate surface area is 113 Å². The molecule has 0 aliphatic carbocycles. The van der Waals surface area contributed by atoms with Gasteiger partial charge in [-0.1, -0.05) is 23.9 Å². The third-order valence-electron chi connectivity index (χ3n) is 2.87. The van der Waals surface area contributed by atoms with Crippen molar-refractivity contribution >= 4 is 40.5 Å². The van der Waals surface area contributed by atoms with E-state index >= 15 is 0 Å². The number of thioether (sulfide) groups is 2. The molecule has 1 aliphatic rings. The van der Waals surface area contributed by atoms with E-state index in [0.717, 1.165) is 27.7 Å². The van der Waals surface area contributed by atoms with Crippen molar-refractivity contribution in [2.45, 2.75) is 11.2 Å². The van der Waals surface area contributed by atoms with Gasteiger partial charge in [-0.15, -0.1) is 0 Å². The quantitative estimate of drug-likeness (QED) is 0.872. The maximum absolute atomic E-state index is 10.7. The topological polar surface area (TPSA) is 55.1 Å². The summed E-state index contributed by atoms with van der Waals surface area (Å²) in [6, 6.07) is 8.44. The van der Waals surface area contributed by atoms with Crippen molar-refractivity contribution in [2.24, 2.45) is 0 Å². The lowest BCUT2D eigenvalue weighted by molar-refractivity contribution is -0.133. The van der Waals surface area contributed by atoms with Crippen LogP contribution < -0.4 is 0 Å². The van der Waals surface area contributed by atoms with Crippen LogP contribution in [0.4, 0.5) is 0 Å². The largest absolute Gasteiger partial charge is 0.481 e. The number of aromatic nitrogens is 2. The molecule has 6 heteroatoms. The molecular formula is C12H12N2O2S2. The number of rotatable bonds is 4. The Morgan fingerprint density at radius 2 is 2.28 bits per heavy atom. The van der Waals surface area contributed by atoms with Crippen LogP contribution in [0.25, 0.3) is 11.0 Å². The summed E-state index contributed by atoms with van der Waals surface area (Å²) in [5.74, 6) is 1.42. The second-order valence-corrected chi connectivity index (χ2v) is 6.14. The molecule has 94 valence electrons. The van der Waals surface area contributed by atoms with E-state index in [4.69, 9.17) is 5.11 Å². The number of nitrogens with zero attached hydrogens (tertiary/aromatic N) is 2. The molecule has 0 amide bonds. The Morgan fingerprint density at radius 1 is 1.50 bits per heavy atom. The Bertz CT molecular complexity index is 593. The van der Waals surface area contributed by atoms with Crippen molar-refractivity contribution in [3.8, 4) is 0 Å². The Kier molecular flexibility index (Phi) is 3.22. The fourth-order valence-corrected chi connectivity index (χ4v) is 3.52. The highest BCUT2D eigenvalue weighted by Gasteiger charge is 2.25. The molecule has 0 spiro atoms. The zero-order chi connectivity index (χ0) is 12.5. The van der Waals surface area contributed by atoms with Crippen molar-refractivity contribution < 1.29 is 9.90 Å².